The summed E-state index contributed by atoms with van der Waals surface area (Å²) in [6.07, 6.45) is 0. The predicted octanol–water partition coefficient (Wildman–Crippen LogP) is 3.10. The van der Waals surface area contributed by atoms with E-state index in [-0.39, 0.29) is 11.9 Å². The lowest BCUT2D eigenvalue weighted by atomic mass is 10.2. The van der Waals surface area contributed by atoms with Crippen LogP contribution in [0, 0.1) is 5.82 Å². The first-order valence-electron chi connectivity index (χ1n) is 4.63. The molecule has 2 rings (SSSR count). The standard InChI is InChI=1S/C10H11BrFN3/c1-5(2)15-9-4-7(11)8(12)3-6(9)10(13)14-15/h3-5H,1-2H3,(H2,13,14). The highest BCUT2D eigenvalue weighted by molar-refractivity contribution is 9.10. The first-order valence-corrected chi connectivity index (χ1v) is 5.42. The van der Waals surface area contributed by atoms with E-state index in [4.69, 9.17) is 5.73 Å². The van der Waals surface area contributed by atoms with Gasteiger partial charge in [0.1, 0.15) is 5.82 Å². The van der Waals surface area contributed by atoms with E-state index in [0.29, 0.717) is 15.7 Å². The number of benzene rings is 1. The van der Waals surface area contributed by atoms with Gasteiger partial charge in [0, 0.05) is 11.4 Å². The van der Waals surface area contributed by atoms with Gasteiger partial charge in [0.05, 0.1) is 9.99 Å². The summed E-state index contributed by atoms with van der Waals surface area (Å²) in [5, 5.41) is 4.84. The van der Waals surface area contributed by atoms with Crippen LogP contribution >= 0.6 is 15.9 Å². The van der Waals surface area contributed by atoms with Gasteiger partial charge < -0.3 is 5.73 Å². The van der Waals surface area contributed by atoms with E-state index in [1.165, 1.54) is 6.07 Å². The predicted molar refractivity (Wildman–Crippen MR) is 62.2 cm³/mol. The van der Waals surface area contributed by atoms with Crippen LogP contribution in [0.2, 0.25) is 0 Å². The molecule has 15 heavy (non-hydrogen) atoms. The third-order valence-corrected chi connectivity index (χ3v) is 2.87. The van der Waals surface area contributed by atoms with Crippen molar-refractivity contribution >= 4 is 32.7 Å². The molecule has 1 heterocycles. The van der Waals surface area contributed by atoms with Crippen molar-refractivity contribution < 1.29 is 4.39 Å². The summed E-state index contributed by atoms with van der Waals surface area (Å²) in [6, 6.07) is 3.30. The van der Waals surface area contributed by atoms with Gasteiger partial charge in [-0.3, -0.25) is 4.68 Å². The number of aromatic nitrogens is 2. The third kappa shape index (κ3) is 1.61. The molecule has 80 valence electrons. The SMILES string of the molecule is CC(C)n1nc(N)c2cc(F)c(Br)cc21. The Morgan fingerprint density at radius 1 is 1.47 bits per heavy atom. The van der Waals surface area contributed by atoms with Gasteiger partial charge in [0.15, 0.2) is 5.82 Å². The summed E-state index contributed by atoms with van der Waals surface area (Å²) >= 11 is 3.15. The van der Waals surface area contributed by atoms with Crippen molar-refractivity contribution in [2.24, 2.45) is 0 Å². The molecule has 5 heteroatoms. The number of rotatable bonds is 1. The average molecular weight is 272 g/mol. The van der Waals surface area contributed by atoms with E-state index >= 15 is 0 Å². The Labute approximate surface area is 95.2 Å². The van der Waals surface area contributed by atoms with E-state index in [1.54, 1.807) is 10.7 Å². The highest BCUT2D eigenvalue weighted by Gasteiger charge is 2.13. The minimum atomic E-state index is -0.322. The number of nitrogen functional groups attached to an aromatic ring is 1. The molecular weight excluding hydrogens is 261 g/mol. The highest BCUT2D eigenvalue weighted by atomic mass is 79.9. The quantitative estimate of drug-likeness (QED) is 0.866. The molecule has 0 amide bonds. The largest absolute Gasteiger partial charge is 0.382 e. The summed E-state index contributed by atoms with van der Waals surface area (Å²) in [4.78, 5) is 0. The molecule has 0 unspecified atom stereocenters. The molecule has 2 aromatic rings. The molecule has 2 N–H and O–H groups in total. The molecular formula is C10H11BrFN3. The Morgan fingerprint density at radius 2 is 2.13 bits per heavy atom. The summed E-state index contributed by atoms with van der Waals surface area (Å²) in [5.41, 5.74) is 6.56. The van der Waals surface area contributed by atoms with Crippen LogP contribution in [0.15, 0.2) is 16.6 Å². The van der Waals surface area contributed by atoms with E-state index in [2.05, 4.69) is 21.0 Å². The topological polar surface area (TPSA) is 43.8 Å². The van der Waals surface area contributed by atoms with Crippen LogP contribution in [0.5, 0.6) is 0 Å². The molecule has 0 radical (unpaired) electrons. The summed E-state index contributed by atoms with van der Waals surface area (Å²) in [7, 11) is 0. The molecule has 1 aromatic carbocycles. The molecule has 1 aromatic heterocycles. The number of anilines is 1. The Morgan fingerprint density at radius 3 is 2.73 bits per heavy atom. The second-order valence-electron chi connectivity index (χ2n) is 3.71. The monoisotopic (exact) mass is 271 g/mol. The van der Waals surface area contributed by atoms with Crippen molar-refractivity contribution in [2.45, 2.75) is 19.9 Å². The molecule has 0 aliphatic carbocycles. The number of nitrogens with two attached hydrogens (primary N) is 1. The zero-order valence-corrected chi connectivity index (χ0v) is 10.0. The minimum Gasteiger partial charge on any atom is -0.382 e. The van der Waals surface area contributed by atoms with Crippen molar-refractivity contribution in [3.05, 3.63) is 22.4 Å². The lowest BCUT2D eigenvalue weighted by molar-refractivity contribution is 0.552. The third-order valence-electron chi connectivity index (χ3n) is 2.27. The number of fused-ring (bicyclic) bond motifs is 1. The molecule has 0 saturated heterocycles. The van der Waals surface area contributed by atoms with Crippen LogP contribution in [0.25, 0.3) is 10.9 Å². The second kappa shape index (κ2) is 3.48. The minimum absolute atomic E-state index is 0.196. The van der Waals surface area contributed by atoms with Gasteiger partial charge in [-0.05, 0) is 41.9 Å². The molecule has 0 fully saturated rings. The first kappa shape index (κ1) is 10.4. The lowest BCUT2D eigenvalue weighted by Gasteiger charge is -2.06. The summed E-state index contributed by atoms with van der Waals surface area (Å²) < 4.78 is 15.5. The van der Waals surface area contributed by atoms with Gasteiger partial charge in [-0.1, -0.05) is 0 Å². The first-order chi connectivity index (χ1) is 7.00. The van der Waals surface area contributed by atoms with Crippen molar-refractivity contribution in [3.63, 3.8) is 0 Å². The Kier molecular flexibility index (Phi) is 2.42. The van der Waals surface area contributed by atoms with Crippen molar-refractivity contribution in [1.29, 1.82) is 0 Å². The van der Waals surface area contributed by atoms with Crippen LogP contribution in [0.4, 0.5) is 10.2 Å². The number of nitrogens with zero attached hydrogens (tertiary/aromatic N) is 2. The smallest absolute Gasteiger partial charge is 0.153 e. The van der Waals surface area contributed by atoms with Gasteiger partial charge in [-0.15, -0.1) is 0 Å². The van der Waals surface area contributed by atoms with Crippen molar-refractivity contribution in [1.82, 2.24) is 9.78 Å². The van der Waals surface area contributed by atoms with E-state index in [0.717, 1.165) is 5.52 Å². The Balaban J connectivity index is 2.82. The lowest BCUT2D eigenvalue weighted by Crippen LogP contribution is -2.02. The van der Waals surface area contributed by atoms with Crippen LogP contribution in [0.3, 0.4) is 0 Å². The fourth-order valence-corrected chi connectivity index (χ4v) is 1.88. The maximum absolute atomic E-state index is 13.3. The van der Waals surface area contributed by atoms with Crippen LogP contribution in [0.1, 0.15) is 19.9 Å². The second-order valence-corrected chi connectivity index (χ2v) is 4.56. The Bertz CT molecular complexity index is 519. The highest BCUT2D eigenvalue weighted by Crippen LogP contribution is 2.28. The maximum atomic E-state index is 13.3. The normalized spacial score (nSPS) is 11.5. The van der Waals surface area contributed by atoms with Gasteiger partial charge in [0.2, 0.25) is 0 Å². The van der Waals surface area contributed by atoms with Crippen molar-refractivity contribution in [2.75, 3.05) is 5.73 Å². The van der Waals surface area contributed by atoms with Gasteiger partial charge in [-0.2, -0.15) is 5.10 Å². The van der Waals surface area contributed by atoms with Crippen molar-refractivity contribution in [3.8, 4) is 0 Å². The van der Waals surface area contributed by atoms with Gasteiger partial charge >= 0.3 is 0 Å². The van der Waals surface area contributed by atoms with E-state index in [1.807, 2.05) is 13.8 Å². The van der Waals surface area contributed by atoms with E-state index < -0.39 is 0 Å². The summed E-state index contributed by atoms with van der Waals surface area (Å²) in [6.45, 7) is 4.01. The maximum Gasteiger partial charge on any atom is 0.153 e. The van der Waals surface area contributed by atoms with Gasteiger partial charge in [-0.25, -0.2) is 4.39 Å². The van der Waals surface area contributed by atoms with Gasteiger partial charge in [0.25, 0.3) is 0 Å². The number of hydrogen-bond donors (Lipinski definition) is 1. The van der Waals surface area contributed by atoms with E-state index in [9.17, 15) is 4.39 Å². The average Bonchev–Trinajstić information content (AvgIpc) is 2.45. The van der Waals surface area contributed by atoms with Crippen LogP contribution < -0.4 is 5.73 Å². The van der Waals surface area contributed by atoms with Crippen LogP contribution in [-0.4, -0.2) is 9.78 Å². The number of halogens is 2. The molecule has 0 bridgehead atoms. The molecule has 0 spiro atoms. The summed E-state index contributed by atoms with van der Waals surface area (Å²) in [5.74, 6) is 0.0441. The Hall–Kier alpha value is -1.10. The zero-order chi connectivity index (χ0) is 11.2. The number of hydrogen-bond acceptors (Lipinski definition) is 2. The molecule has 0 aliphatic heterocycles. The molecule has 0 aliphatic rings. The zero-order valence-electron chi connectivity index (χ0n) is 8.46. The molecule has 0 saturated carbocycles. The molecule has 0 atom stereocenters. The fourth-order valence-electron chi connectivity index (χ4n) is 1.55. The fraction of sp³-hybridized carbons (Fsp3) is 0.300. The molecule has 3 nitrogen and oxygen atoms in total. The van der Waals surface area contributed by atoms with Crippen LogP contribution in [-0.2, 0) is 0 Å².